The SMILES string of the molecule is C[C@H]1CC[C@@]2(C)[C@H](C1)[C@@H](O)[C@H](O)C1[C@@H]2CC[C@@]2(C)[C@H]1CC[C@]2(C)O. The summed E-state index contributed by atoms with van der Waals surface area (Å²) in [5.41, 5.74) is -0.586. The van der Waals surface area contributed by atoms with Crippen LogP contribution in [0.25, 0.3) is 0 Å². The first-order valence-corrected chi connectivity index (χ1v) is 10.2. The van der Waals surface area contributed by atoms with Gasteiger partial charge in [0.15, 0.2) is 0 Å². The molecule has 24 heavy (non-hydrogen) atoms. The summed E-state index contributed by atoms with van der Waals surface area (Å²) >= 11 is 0. The molecule has 0 spiro atoms. The van der Waals surface area contributed by atoms with Gasteiger partial charge in [0.25, 0.3) is 0 Å². The number of hydrogen-bond donors (Lipinski definition) is 3. The van der Waals surface area contributed by atoms with Gasteiger partial charge < -0.3 is 15.3 Å². The molecule has 4 aliphatic rings. The molecule has 0 aliphatic heterocycles. The van der Waals surface area contributed by atoms with Crippen molar-refractivity contribution >= 4 is 0 Å². The molecular weight excluding hydrogens is 300 g/mol. The Kier molecular flexibility index (Phi) is 3.75. The zero-order valence-electron chi connectivity index (χ0n) is 15.8. The zero-order valence-corrected chi connectivity index (χ0v) is 15.8. The summed E-state index contributed by atoms with van der Waals surface area (Å²) in [6.07, 6.45) is 6.26. The van der Waals surface area contributed by atoms with Crippen molar-refractivity contribution in [3.05, 3.63) is 0 Å². The number of rotatable bonds is 0. The van der Waals surface area contributed by atoms with E-state index in [1.54, 1.807) is 0 Å². The Labute approximate surface area is 146 Å². The molecule has 0 aromatic carbocycles. The lowest BCUT2D eigenvalue weighted by Gasteiger charge is -2.64. The molecule has 0 amide bonds. The topological polar surface area (TPSA) is 60.7 Å². The van der Waals surface area contributed by atoms with Crippen LogP contribution in [0.3, 0.4) is 0 Å². The van der Waals surface area contributed by atoms with Crippen LogP contribution in [0.5, 0.6) is 0 Å². The average Bonchev–Trinajstić information content (AvgIpc) is 2.77. The van der Waals surface area contributed by atoms with Gasteiger partial charge in [0, 0.05) is 0 Å². The Morgan fingerprint density at radius 1 is 0.792 bits per heavy atom. The lowest BCUT2D eigenvalue weighted by molar-refractivity contribution is -0.227. The van der Waals surface area contributed by atoms with E-state index in [4.69, 9.17) is 0 Å². The van der Waals surface area contributed by atoms with Gasteiger partial charge in [-0.1, -0.05) is 27.2 Å². The number of aliphatic hydroxyl groups is 3. The number of fused-ring (bicyclic) bond motifs is 5. The van der Waals surface area contributed by atoms with E-state index in [0.29, 0.717) is 17.8 Å². The van der Waals surface area contributed by atoms with Crippen LogP contribution in [-0.4, -0.2) is 33.1 Å². The lowest BCUT2D eigenvalue weighted by atomic mass is 9.42. The van der Waals surface area contributed by atoms with Crippen LogP contribution in [0.2, 0.25) is 0 Å². The summed E-state index contributed by atoms with van der Waals surface area (Å²) < 4.78 is 0. The van der Waals surface area contributed by atoms with E-state index in [-0.39, 0.29) is 22.7 Å². The Morgan fingerprint density at radius 2 is 1.46 bits per heavy atom. The minimum atomic E-state index is -0.633. The molecule has 3 nitrogen and oxygen atoms in total. The Balaban J connectivity index is 1.73. The highest BCUT2D eigenvalue weighted by Crippen LogP contribution is 2.68. The van der Waals surface area contributed by atoms with E-state index in [9.17, 15) is 15.3 Å². The van der Waals surface area contributed by atoms with Gasteiger partial charge >= 0.3 is 0 Å². The minimum absolute atomic E-state index is 0.111. The lowest BCUT2D eigenvalue weighted by Crippen LogP contribution is -2.64. The molecule has 3 N–H and O–H groups in total. The van der Waals surface area contributed by atoms with Gasteiger partial charge in [-0.25, -0.2) is 0 Å². The molecule has 0 saturated heterocycles. The van der Waals surface area contributed by atoms with E-state index < -0.39 is 17.8 Å². The van der Waals surface area contributed by atoms with E-state index >= 15 is 0 Å². The highest BCUT2D eigenvalue weighted by molar-refractivity contribution is 5.16. The van der Waals surface area contributed by atoms with Crippen molar-refractivity contribution in [2.45, 2.75) is 90.4 Å². The predicted molar refractivity (Wildman–Crippen MR) is 94.3 cm³/mol. The number of aliphatic hydroxyl groups excluding tert-OH is 2. The smallest absolute Gasteiger partial charge is 0.0835 e. The van der Waals surface area contributed by atoms with Crippen LogP contribution in [-0.2, 0) is 0 Å². The third kappa shape index (κ3) is 2.01. The molecule has 4 fully saturated rings. The van der Waals surface area contributed by atoms with Crippen molar-refractivity contribution in [1.82, 2.24) is 0 Å². The molecule has 0 radical (unpaired) electrons. The van der Waals surface area contributed by atoms with Crippen LogP contribution < -0.4 is 0 Å². The highest BCUT2D eigenvalue weighted by atomic mass is 16.3. The molecule has 4 rings (SSSR count). The standard InChI is InChI=1S/C21H36O3/c1-12-5-8-19(2)13-6-9-20(3)14(7-10-21(20,4)24)16(13)18(23)17(22)15(19)11-12/h12-18,22-24H,5-11H2,1-4H3/t12-,13-,14-,15+,16?,17+,18+,19+,20-,21-/m0/s1. The second-order valence-electron chi connectivity index (χ2n) is 10.5. The Hall–Kier alpha value is -0.120. The van der Waals surface area contributed by atoms with Crippen molar-refractivity contribution in [1.29, 1.82) is 0 Å². The van der Waals surface area contributed by atoms with Crippen molar-refractivity contribution in [3.63, 3.8) is 0 Å². The van der Waals surface area contributed by atoms with E-state index in [1.165, 1.54) is 12.8 Å². The fourth-order valence-electron chi connectivity index (χ4n) is 7.70. The van der Waals surface area contributed by atoms with E-state index in [2.05, 4.69) is 20.8 Å². The monoisotopic (exact) mass is 336 g/mol. The summed E-state index contributed by atoms with van der Waals surface area (Å²) in [7, 11) is 0. The normalized spacial score (nSPS) is 63.4. The summed E-state index contributed by atoms with van der Waals surface area (Å²) in [6.45, 7) is 8.91. The summed E-state index contributed by atoms with van der Waals surface area (Å²) in [6, 6.07) is 0. The van der Waals surface area contributed by atoms with Crippen molar-refractivity contribution in [2.24, 2.45) is 40.4 Å². The van der Waals surface area contributed by atoms with Gasteiger partial charge in [-0.2, -0.15) is 0 Å². The first-order valence-electron chi connectivity index (χ1n) is 10.2. The maximum absolute atomic E-state index is 11.1. The van der Waals surface area contributed by atoms with Crippen LogP contribution in [0, 0.1) is 40.4 Å². The van der Waals surface area contributed by atoms with Crippen LogP contribution >= 0.6 is 0 Å². The quantitative estimate of drug-likeness (QED) is 0.636. The fourth-order valence-corrected chi connectivity index (χ4v) is 7.70. The summed E-state index contributed by atoms with van der Waals surface area (Å²) in [5.74, 6) is 1.89. The molecule has 138 valence electrons. The maximum Gasteiger partial charge on any atom is 0.0835 e. The predicted octanol–water partition coefficient (Wildman–Crippen LogP) is 3.36. The maximum atomic E-state index is 11.1. The van der Waals surface area contributed by atoms with Crippen molar-refractivity contribution < 1.29 is 15.3 Å². The molecule has 4 aliphatic carbocycles. The molecule has 10 atom stereocenters. The third-order valence-electron chi connectivity index (χ3n) is 9.58. The Bertz CT molecular complexity index is 517. The molecule has 3 heteroatoms. The van der Waals surface area contributed by atoms with Crippen LogP contribution in [0.15, 0.2) is 0 Å². The molecule has 0 aromatic heterocycles. The minimum Gasteiger partial charge on any atom is -0.390 e. The molecule has 0 heterocycles. The summed E-state index contributed by atoms with van der Waals surface area (Å²) in [5, 5.41) is 33.1. The van der Waals surface area contributed by atoms with Crippen molar-refractivity contribution in [3.8, 4) is 0 Å². The van der Waals surface area contributed by atoms with E-state index in [0.717, 1.165) is 32.1 Å². The van der Waals surface area contributed by atoms with Gasteiger partial charge in [-0.05, 0) is 85.9 Å². The van der Waals surface area contributed by atoms with Gasteiger partial charge in [0.05, 0.1) is 17.8 Å². The third-order valence-corrected chi connectivity index (χ3v) is 9.58. The van der Waals surface area contributed by atoms with E-state index in [1.807, 2.05) is 6.92 Å². The van der Waals surface area contributed by atoms with Crippen LogP contribution in [0.1, 0.15) is 72.6 Å². The first kappa shape index (κ1) is 17.3. The molecular formula is C21H36O3. The summed E-state index contributed by atoms with van der Waals surface area (Å²) in [4.78, 5) is 0. The van der Waals surface area contributed by atoms with Gasteiger partial charge in [-0.3, -0.25) is 0 Å². The largest absolute Gasteiger partial charge is 0.390 e. The second kappa shape index (κ2) is 5.20. The molecule has 0 bridgehead atoms. The second-order valence-corrected chi connectivity index (χ2v) is 10.5. The van der Waals surface area contributed by atoms with Crippen molar-refractivity contribution in [2.75, 3.05) is 0 Å². The fraction of sp³-hybridized carbons (Fsp3) is 1.00. The molecule has 4 saturated carbocycles. The Morgan fingerprint density at radius 3 is 2.17 bits per heavy atom. The zero-order chi connectivity index (χ0) is 17.5. The van der Waals surface area contributed by atoms with Gasteiger partial charge in [0.2, 0.25) is 0 Å². The van der Waals surface area contributed by atoms with Gasteiger partial charge in [0.1, 0.15) is 0 Å². The van der Waals surface area contributed by atoms with Gasteiger partial charge in [-0.15, -0.1) is 0 Å². The average molecular weight is 337 g/mol. The highest BCUT2D eigenvalue weighted by Gasteiger charge is 2.66. The molecule has 0 aromatic rings. The first-order chi connectivity index (χ1) is 11.1. The number of hydrogen-bond acceptors (Lipinski definition) is 3. The molecule has 1 unspecified atom stereocenters. The van der Waals surface area contributed by atoms with Crippen LogP contribution in [0.4, 0.5) is 0 Å².